The van der Waals surface area contributed by atoms with Crippen molar-refractivity contribution in [3.05, 3.63) is 90.3 Å². The lowest BCUT2D eigenvalue weighted by molar-refractivity contribution is -0.125. The number of carbonyl (C=O) groups excluding carboxylic acids is 1. The van der Waals surface area contributed by atoms with Gasteiger partial charge in [-0.05, 0) is 40.8 Å². The second-order valence-electron chi connectivity index (χ2n) is 7.79. The molecule has 30 heavy (non-hydrogen) atoms. The molecule has 0 radical (unpaired) electrons. The summed E-state index contributed by atoms with van der Waals surface area (Å²) < 4.78 is 0. The number of likely N-dealkylation sites (N-methyl/N-ethyl adjacent to an activating group) is 1. The van der Waals surface area contributed by atoms with Crippen molar-refractivity contribution in [1.82, 2.24) is 20.5 Å². The zero-order chi connectivity index (χ0) is 20.8. The number of amides is 1. The van der Waals surface area contributed by atoms with Crippen molar-refractivity contribution in [3.8, 4) is 11.1 Å². The number of pyridine rings is 1. The molecule has 0 saturated carbocycles. The summed E-state index contributed by atoms with van der Waals surface area (Å²) in [5, 5.41) is 6.47. The van der Waals surface area contributed by atoms with Crippen LogP contribution in [0.5, 0.6) is 0 Å². The fraction of sp³-hybridized carbons (Fsp3) is 0.280. The smallest absolute Gasteiger partial charge is 0.237 e. The standard InChI is InChI=1S/C25H28N4O/c1-26-25(30)24-15-23(18-29(24)17-20-11-13-27-14-12-20)28-16-19-7-9-22(10-8-19)21-5-3-2-4-6-21/h2-14,23-24,28H,15-18H2,1H3,(H,26,30)/t23-,24+/m1/s1. The first-order chi connectivity index (χ1) is 14.7. The van der Waals surface area contributed by atoms with Crippen molar-refractivity contribution >= 4 is 5.91 Å². The van der Waals surface area contributed by atoms with Crippen LogP contribution in [0.4, 0.5) is 0 Å². The molecule has 4 rings (SSSR count). The van der Waals surface area contributed by atoms with Gasteiger partial charge >= 0.3 is 0 Å². The van der Waals surface area contributed by atoms with Gasteiger partial charge in [-0.25, -0.2) is 0 Å². The predicted octanol–water partition coefficient (Wildman–Crippen LogP) is 3.23. The van der Waals surface area contributed by atoms with Crippen LogP contribution in [0.1, 0.15) is 17.5 Å². The third-order valence-electron chi connectivity index (χ3n) is 5.74. The van der Waals surface area contributed by atoms with E-state index in [0.717, 1.165) is 26.1 Å². The minimum Gasteiger partial charge on any atom is -0.358 e. The Kier molecular flexibility index (Phi) is 6.52. The number of nitrogens with zero attached hydrogens (tertiary/aromatic N) is 2. The van der Waals surface area contributed by atoms with Gasteiger partial charge in [0, 0.05) is 45.1 Å². The highest BCUT2D eigenvalue weighted by Gasteiger charge is 2.35. The molecule has 1 saturated heterocycles. The Morgan fingerprint density at radius 3 is 2.37 bits per heavy atom. The molecule has 5 nitrogen and oxygen atoms in total. The summed E-state index contributed by atoms with van der Waals surface area (Å²) in [5.74, 6) is 0.0839. The van der Waals surface area contributed by atoms with Crippen molar-refractivity contribution in [3.63, 3.8) is 0 Å². The summed E-state index contributed by atoms with van der Waals surface area (Å²) in [6, 6.07) is 23.3. The van der Waals surface area contributed by atoms with Crippen LogP contribution >= 0.6 is 0 Å². The van der Waals surface area contributed by atoms with Crippen molar-refractivity contribution in [2.75, 3.05) is 13.6 Å². The molecule has 1 amide bonds. The van der Waals surface area contributed by atoms with E-state index in [4.69, 9.17) is 0 Å². The number of likely N-dealkylation sites (tertiary alicyclic amines) is 1. The molecule has 1 fully saturated rings. The van der Waals surface area contributed by atoms with Gasteiger partial charge in [0.05, 0.1) is 6.04 Å². The van der Waals surface area contributed by atoms with E-state index in [0.29, 0.717) is 0 Å². The Morgan fingerprint density at radius 1 is 0.967 bits per heavy atom. The maximum atomic E-state index is 12.4. The first-order valence-corrected chi connectivity index (χ1v) is 10.4. The summed E-state index contributed by atoms with van der Waals surface area (Å²) >= 11 is 0. The number of aromatic nitrogens is 1. The summed E-state index contributed by atoms with van der Waals surface area (Å²) in [4.78, 5) is 18.8. The van der Waals surface area contributed by atoms with Gasteiger partial charge in [-0.2, -0.15) is 0 Å². The molecule has 2 N–H and O–H groups in total. The number of hydrogen-bond donors (Lipinski definition) is 2. The Labute approximate surface area is 178 Å². The molecule has 1 aliphatic heterocycles. The number of hydrogen-bond acceptors (Lipinski definition) is 4. The molecule has 0 spiro atoms. The monoisotopic (exact) mass is 400 g/mol. The third kappa shape index (κ3) is 4.93. The topological polar surface area (TPSA) is 57.3 Å². The van der Waals surface area contributed by atoms with E-state index in [2.05, 4.69) is 69.0 Å². The molecule has 0 aliphatic carbocycles. The summed E-state index contributed by atoms with van der Waals surface area (Å²) in [6.07, 6.45) is 4.41. The van der Waals surface area contributed by atoms with Crippen LogP contribution in [0.3, 0.4) is 0 Å². The third-order valence-corrected chi connectivity index (χ3v) is 5.74. The van der Waals surface area contributed by atoms with E-state index in [1.807, 2.05) is 18.2 Å². The Bertz CT molecular complexity index is 944. The zero-order valence-electron chi connectivity index (χ0n) is 17.3. The highest BCUT2D eigenvalue weighted by Crippen LogP contribution is 2.22. The quantitative estimate of drug-likeness (QED) is 0.639. The number of nitrogens with one attached hydrogen (secondary N) is 2. The van der Waals surface area contributed by atoms with E-state index in [1.165, 1.54) is 22.3 Å². The SMILES string of the molecule is CNC(=O)[C@@H]1C[C@@H](NCc2ccc(-c3ccccc3)cc2)CN1Cc1ccncc1. The highest BCUT2D eigenvalue weighted by atomic mass is 16.2. The molecular weight excluding hydrogens is 372 g/mol. The molecule has 1 aliphatic rings. The average molecular weight is 401 g/mol. The van der Waals surface area contributed by atoms with Crippen molar-refractivity contribution in [1.29, 1.82) is 0 Å². The average Bonchev–Trinajstić information content (AvgIpc) is 3.21. The van der Waals surface area contributed by atoms with Gasteiger partial charge in [0.15, 0.2) is 0 Å². The van der Waals surface area contributed by atoms with E-state index >= 15 is 0 Å². The fourth-order valence-electron chi connectivity index (χ4n) is 4.10. The molecule has 2 atom stereocenters. The van der Waals surface area contributed by atoms with Crippen molar-refractivity contribution < 1.29 is 4.79 Å². The van der Waals surface area contributed by atoms with E-state index in [-0.39, 0.29) is 18.0 Å². The molecule has 1 aromatic heterocycles. The van der Waals surface area contributed by atoms with Gasteiger partial charge < -0.3 is 10.6 Å². The molecule has 2 heterocycles. The van der Waals surface area contributed by atoms with Crippen LogP contribution in [0.15, 0.2) is 79.1 Å². The normalized spacial score (nSPS) is 19.0. The van der Waals surface area contributed by atoms with Crippen LogP contribution in [0.25, 0.3) is 11.1 Å². The number of rotatable bonds is 7. The lowest BCUT2D eigenvalue weighted by Crippen LogP contribution is -2.41. The van der Waals surface area contributed by atoms with E-state index < -0.39 is 0 Å². The van der Waals surface area contributed by atoms with Crippen molar-refractivity contribution in [2.45, 2.75) is 31.6 Å². The molecule has 5 heteroatoms. The van der Waals surface area contributed by atoms with Gasteiger partial charge in [-0.15, -0.1) is 0 Å². The van der Waals surface area contributed by atoms with Gasteiger partial charge in [0.2, 0.25) is 5.91 Å². The molecule has 3 aromatic rings. The molecule has 0 bridgehead atoms. The zero-order valence-corrected chi connectivity index (χ0v) is 17.3. The van der Waals surface area contributed by atoms with Crippen molar-refractivity contribution in [2.24, 2.45) is 0 Å². The second kappa shape index (κ2) is 9.65. The Hall–Kier alpha value is -3.02. The van der Waals surface area contributed by atoms with Crippen LogP contribution in [-0.4, -0.2) is 41.5 Å². The van der Waals surface area contributed by atoms with Crippen LogP contribution < -0.4 is 10.6 Å². The minimum absolute atomic E-state index is 0.0839. The maximum Gasteiger partial charge on any atom is 0.237 e. The first-order valence-electron chi connectivity index (χ1n) is 10.4. The molecule has 2 aromatic carbocycles. The highest BCUT2D eigenvalue weighted by molar-refractivity contribution is 5.81. The van der Waals surface area contributed by atoms with Gasteiger partial charge in [0.1, 0.15) is 0 Å². The summed E-state index contributed by atoms with van der Waals surface area (Å²) in [5.41, 5.74) is 4.88. The number of benzene rings is 2. The fourth-order valence-corrected chi connectivity index (χ4v) is 4.10. The summed E-state index contributed by atoms with van der Waals surface area (Å²) in [7, 11) is 1.71. The second-order valence-corrected chi connectivity index (χ2v) is 7.79. The Morgan fingerprint density at radius 2 is 1.67 bits per heavy atom. The van der Waals surface area contributed by atoms with Gasteiger partial charge in [-0.3, -0.25) is 14.7 Å². The van der Waals surface area contributed by atoms with E-state index in [1.54, 1.807) is 19.4 Å². The van der Waals surface area contributed by atoms with Crippen LogP contribution in [0, 0.1) is 0 Å². The molecule has 0 unspecified atom stereocenters. The largest absolute Gasteiger partial charge is 0.358 e. The van der Waals surface area contributed by atoms with E-state index in [9.17, 15) is 4.79 Å². The number of carbonyl (C=O) groups is 1. The first kappa shape index (κ1) is 20.3. The van der Waals surface area contributed by atoms with Gasteiger partial charge in [-0.1, -0.05) is 54.6 Å². The lowest BCUT2D eigenvalue weighted by Gasteiger charge is -2.22. The predicted molar refractivity (Wildman–Crippen MR) is 120 cm³/mol. The van der Waals surface area contributed by atoms with Crippen LogP contribution in [-0.2, 0) is 17.9 Å². The van der Waals surface area contributed by atoms with Gasteiger partial charge in [0.25, 0.3) is 0 Å². The maximum absolute atomic E-state index is 12.4. The molecule has 154 valence electrons. The lowest BCUT2D eigenvalue weighted by atomic mass is 10.0. The summed E-state index contributed by atoms with van der Waals surface area (Å²) in [6.45, 7) is 2.40. The van der Waals surface area contributed by atoms with Crippen LogP contribution in [0.2, 0.25) is 0 Å². The Balaban J connectivity index is 1.36. The molecular formula is C25H28N4O. The minimum atomic E-state index is -0.110.